The number of fused-ring (bicyclic) bond motifs is 6. The standard InChI is InChI=1S/C57H36N4S/c1-5-16-37(17-6-1)41-30-42(38-18-7-2-8-19-38)32-43(31-41)40-28-29-45(51(33-40)57-59-36-58-56(60-57)39-20-9-3-10-21-39)47-25-15-26-48-50-34-49-46-24-13-14-27-52(46)61(44-22-11-4-12-23-44)53(49)35-54(50)62-55(47)48/h1-36H. The van der Waals surface area contributed by atoms with Gasteiger partial charge in [-0.1, -0.05) is 158 Å². The quantitative estimate of drug-likeness (QED) is 0.161. The van der Waals surface area contributed by atoms with E-state index < -0.39 is 0 Å². The minimum Gasteiger partial charge on any atom is -0.309 e. The Labute approximate surface area is 362 Å². The van der Waals surface area contributed by atoms with Gasteiger partial charge in [0.15, 0.2) is 11.6 Å². The Hall–Kier alpha value is -7.99. The summed E-state index contributed by atoms with van der Waals surface area (Å²) in [5.41, 5.74) is 14.6. The van der Waals surface area contributed by atoms with E-state index in [9.17, 15) is 0 Å². The number of nitrogens with zero attached hydrogens (tertiary/aromatic N) is 4. The van der Waals surface area contributed by atoms with Gasteiger partial charge in [-0.25, -0.2) is 15.0 Å². The van der Waals surface area contributed by atoms with Crippen molar-refractivity contribution in [3.05, 3.63) is 219 Å². The van der Waals surface area contributed by atoms with Gasteiger partial charge < -0.3 is 4.57 Å². The van der Waals surface area contributed by atoms with Crippen LogP contribution in [0.5, 0.6) is 0 Å². The molecule has 0 radical (unpaired) electrons. The molecule has 0 atom stereocenters. The van der Waals surface area contributed by atoms with Crippen LogP contribution in [0.3, 0.4) is 0 Å². The van der Waals surface area contributed by atoms with Gasteiger partial charge in [0, 0.05) is 53.3 Å². The predicted molar refractivity (Wildman–Crippen MR) is 260 cm³/mol. The van der Waals surface area contributed by atoms with E-state index in [-0.39, 0.29) is 0 Å². The van der Waals surface area contributed by atoms with Gasteiger partial charge in [-0.05, 0) is 93.5 Å². The molecule has 0 bridgehead atoms. The number of hydrogen-bond acceptors (Lipinski definition) is 4. The molecule has 0 unspecified atom stereocenters. The summed E-state index contributed by atoms with van der Waals surface area (Å²) in [4.78, 5) is 14.7. The lowest BCUT2D eigenvalue weighted by atomic mass is 9.90. The van der Waals surface area contributed by atoms with E-state index in [1.165, 1.54) is 53.1 Å². The fourth-order valence-electron chi connectivity index (χ4n) is 9.01. The van der Waals surface area contributed by atoms with E-state index in [1.807, 2.05) is 41.7 Å². The van der Waals surface area contributed by atoms with Crippen LogP contribution < -0.4 is 0 Å². The topological polar surface area (TPSA) is 43.6 Å². The molecule has 12 aromatic rings. The van der Waals surface area contributed by atoms with Crippen molar-refractivity contribution < 1.29 is 0 Å². The van der Waals surface area contributed by atoms with Crippen LogP contribution in [0, 0.1) is 0 Å². The minimum atomic E-state index is 0.630. The number of rotatable bonds is 7. The molecule has 0 aliphatic rings. The Morgan fingerprint density at radius 2 is 0.935 bits per heavy atom. The molecule has 9 aromatic carbocycles. The van der Waals surface area contributed by atoms with Crippen LogP contribution in [0.1, 0.15) is 0 Å². The second-order valence-electron chi connectivity index (χ2n) is 15.6. The molecular formula is C57H36N4S. The first-order valence-corrected chi connectivity index (χ1v) is 21.6. The SMILES string of the molecule is c1ccc(-c2cc(-c3ccccc3)cc(-c3ccc(-c4cccc5c4sc4cc6c(cc45)c4ccccc4n6-c4ccccc4)c(-c4ncnc(-c5ccccc5)n4)c3)c2)cc1. The molecular weight excluding hydrogens is 773 g/mol. The third-order valence-electron chi connectivity index (χ3n) is 11.9. The van der Waals surface area contributed by atoms with Crippen LogP contribution in [0.25, 0.3) is 115 Å². The van der Waals surface area contributed by atoms with Gasteiger partial charge in [0.1, 0.15) is 6.33 Å². The Kier molecular flexibility index (Phi) is 8.65. The van der Waals surface area contributed by atoms with Crippen molar-refractivity contribution >= 4 is 53.3 Å². The van der Waals surface area contributed by atoms with Crippen LogP contribution in [0.2, 0.25) is 0 Å². The van der Waals surface area contributed by atoms with E-state index in [0.29, 0.717) is 11.6 Å². The number of hydrogen-bond donors (Lipinski definition) is 0. The van der Waals surface area contributed by atoms with Crippen molar-refractivity contribution in [2.45, 2.75) is 0 Å². The first-order valence-electron chi connectivity index (χ1n) is 20.8. The molecule has 4 nitrogen and oxygen atoms in total. The highest BCUT2D eigenvalue weighted by molar-refractivity contribution is 7.26. The fourth-order valence-corrected chi connectivity index (χ4v) is 10.3. The van der Waals surface area contributed by atoms with Crippen molar-refractivity contribution in [1.82, 2.24) is 19.5 Å². The average Bonchev–Trinajstić information content (AvgIpc) is 3.89. The minimum absolute atomic E-state index is 0.630. The highest BCUT2D eigenvalue weighted by atomic mass is 32.1. The molecule has 5 heteroatoms. The molecule has 0 aliphatic carbocycles. The summed E-state index contributed by atoms with van der Waals surface area (Å²) in [5, 5.41) is 4.99. The number of aromatic nitrogens is 4. The number of para-hydroxylation sites is 2. The van der Waals surface area contributed by atoms with Gasteiger partial charge in [0.05, 0.1) is 11.0 Å². The third kappa shape index (κ3) is 6.18. The maximum Gasteiger partial charge on any atom is 0.164 e. The summed E-state index contributed by atoms with van der Waals surface area (Å²) in [6.45, 7) is 0. The molecule has 0 aliphatic heterocycles. The molecule has 0 N–H and O–H groups in total. The van der Waals surface area contributed by atoms with E-state index in [2.05, 4.69) is 192 Å². The van der Waals surface area contributed by atoms with Gasteiger partial charge >= 0.3 is 0 Å². The molecule has 290 valence electrons. The summed E-state index contributed by atoms with van der Waals surface area (Å²) in [6.07, 6.45) is 1.64. The summed E-state index contributed by atoms with van der Waals surface area (Å²) in [7, 11) is 0. The predicted octanol–water partition coefficient (Wildman–Crippen LogP) is 15.3. The van der Waals surface area contributed by atoms with E-state index in [4.69, 9.17) is 9.97 Å². The summed E-state index contributed by atoms with van der Waals surface area (Å²) < 4.78 is 4.87. The molecule has 3 aromatic heterocycles. The molecule has 3 heterocycles. The summed E-state index contributed by atoms with van der Waals surface area (Å²) in [5.74, 6) is 1.27. The first kappa shape index (κ1) is 35.9. The highest BCUT2D eigenvalue weighted by Crippen LogP contribution is 2.46. The smallest absolute Gasteiger partial charge is 0.164 e. The Bertz CT molecular complexity index is 3560. The van der Waals surface area contributed by atoms with Crippen LogP contribution in [0.15, 0.2) is 219 Å². The van der Waals surface area contributed by atoms with Gasteiger partial charge in [-0.3, -0.25) is 0 Å². The normalized spacial score (nSPS) is 11.5. The monoisotopic (exact) mass is 808 g/mol. The van der Waals surface area contributed by atoms with Crippen molar-refractivity contribution in [2.75, 3.05) is 0 Å². The van der Waals surface area contributed by atoms with Crippen molar-refractivity contribution in [2.24, 2.45) is 0 Å². The zero-order valence-electron chi connectivity index (χ0n) is 33.5. The maximum absolute atomic E-state index is 5.16. The lowest BCUT2D eigenvalue weighted by molar-refractivity contribution is 1.07. The zero-order valence-corrected chi connectivity index (χ0v) is 34.3. The summed E-state index contributed by atoms with van der Waals surface area (Å²) in [6, 6.07) is 76.0. The van der Waals surface area contributed by atoms with Gasteiger partial charge in [-0.2, -0.15) is 0 Å². The van der Waals surface area contributed by atoms with E-state index in [0.717, 1.165) is 50.2 Å². The van der Waals surface area contributed by atoms with Crippen molar-refractivity contribution in [1.29, 1.82) is 0 Å². The van der Waals surface area contributed by atoms with E-state index in [1.54, 1.807) is 6.33 Å². The Balaban J connectivity index is 1.08. The van der Waals surface area contributed by atoms with Crippen molar-refractivity contribution in [3.63, 3.8) is 0 Å². The molecule has 62 heavy (non-hydrogen) atoms. The van der Waals surface area contributed by atoms with Crippen LogP contribution in [-0.4, -0.2) is 19.5 Å². The molecule has 0 fully saturated rings. The second-order valence-corrected chi connectivity index (χ2v) is 16.7. The van der Waals surface area contributed by atoms with Crippen LogP contribution in [-0.2, 0) is 0 Å². The van der Waals surface area contributed by atoms with Crippen LogP contribution >= 0.6 is 11.3 Å². The first-order chi connectivity index (χ1) is 30.7. The van der Waals surface area contributed by atoms with Gasteiger partial charge in [0.25, 0.3) is 0 Å². The largest absolute Gasteiger partial charge is 0.309 e. The number of benzene rings is 9. The van der Waals surface area contributed by atoms with E-state index >= 15 is 0 Å². The second kappa shape index (κ2) is 14.9. The highest BCUT2D eigenvalue weighted by Gasteiger charge is 2.20. The van der Waals surface area contributed by atoms with Crippen molar-refractivity contribution in [3.8, 4) is 73.0 Å². The van der Waals surface area contributed by atoms with Gasteiger partial charge in [0.2, 0.25) is 0 Å². The molecule has 0 saturated heterocycles. The Morgan fingerprint density at radius 1 is 0.339 bits per heavy atom. The Morgan fingerprint density at radius 3 is 1.65 bits per heavy atom. The summed E-state index contributed by atoms with van der Waals surface area (Å²) >= 11 is 1.85. The van der Waals surface area contributed by atoms with Gasteiger partial charge in [-0.15, -0.1) is 11.3 Å². The van der Waals surface area contributed by atoms with Crippen LogP contribution in [0.4, 0.5) is 0 Å². The lowest BCUT2D eigenvalue weighted by Crippen LogP contribution is -1.97. The fraction of sp³-hybridized carbons (Fsp3) is 0. The number of thiophene rings is 1. The molecule has 0 spiro atoms. The third-order valence-corrected chi connectivity index (χ3v) is 13.1. The maximum atomic E-state index is 5.16. The average molecular weight is 809 g/mol. The lowest BCUT2D eigenvalue weighted by Gasteiger charge is -2.15. The molecule has 0 saturated carbocycles. The molecule has 0 amide bonds. The molecule has 12 rings (SSSR count). The zero-order chi connectivity index (χ0) is 41.0.